The molecule has 0 bridgehead atoms. The summed E-state index contributed by atoms with van der Waals surface area (Å²) in [6, 6.07) is 19.1. The number of nitrogens with one attached hydrogen (secondary N) is 1. The van der Waals surface area contributed by atoms with Crippen molar-refractivity contribution >= 4 is 16.5 Å². The molecule has 22 heavy (non-hydrogen) atoms. The Morgan fingerprint density at radius 3 is 2.41 bits per heavy atom. The maximum atomic E-state index is 4.75. The van der Waals surface area contributed by atoms with Gasteiger partial charge in [0.1, 0.15) is 0 Å². The Balaban J connectivity index is 1.66. The van der Waals surface area contributed by atoms with Crippen LogP contribution >= 0.6 is 11.3 Å². The maximum Gasteiger partial charge on any atom is 0.183 e. The molecule has 1 N–H and O–H groups in total. The molecule has 0 spiro atoms. The average molecular weight is 308 g/mol. The number of hydrogen-bond acceptors (Lipinski definition) is 3. The normalized spacial score (nSPS) is 10.6. The van der Waals surface area contributed by atoms with E-state index in [1.807, 2.05) is 0 Å². The molecule has 0 fully saturated rings. The van der Waals surface area contributed by atoms with E-state index in [0.717, 1.165) is 23.8 Å². The number of rotatable bonds is 5. The summed E-state index contributed by atoms with van der Waals surface area (Å²) in [5.41, 5.74) is 4.91. The zero-order chi connectivity index (χ0) is 15.4. The number of benzene rings is 2. The molecule has 0 saturated carbocycles. The van der Waals surface area contributed by atoms with Crippen molar-refractivity contribution in [2.24, 2.45) is 0 Å². The summed E-state index contributed by atoms with van der Waals surface area (Å²) in [6.45, 7) is 5.15. The highest BCUT2D eigenvalue weighted by Gasteiger charge is 2.09. The standard InChI is InChI=1S/C19H20N2S/c1-14-8-10-17(11-9-14)18-15(2)22-19(21-18)20-13-12-16-6-4-3-5-7-16/h3-11H,12-13H2,1-2H3,(H,20,21). The van der Waals surface area contributed by atoms with Gasteiger partial charge in [-0.1, -0.05) is 60.2 Å². The number of anilines is 1. The first-order chi connectivity index (χ1) is 10.7. The largest absolute Gasteiger partial charge is 0.361 e. The van der Waals surface area contributed by atoms with Crippen LogP contribution in [0.15, 0.2) is 54.6 Å². The minimum Gasteiger partial charge on any atom is -0.361 e. The molecule has 3 heteroatoms. The lowest BCUT2D eigenvalue weighted by Crippen LogP contribution is -2.04. The maximum absolute atomic E-state index is 4.75. The molecule has 0 aliphatic rings. The van der Waals surface area contributed by atoms with E-state index in [1.165, 1.54) is 21.6 Å². The van der Waals surface area contributed by atoms with Gasteiger partial charge in [-0.15, -0.1) is 11.3 Å². The van der Waals surface area contributed by atoms with Crippen LogP contribution in [0.5, 0.6) is 0 Å². The molecule has 112 valence electrons. The first kappa shape index (κ1) is 14.8. The van der Waals surface area contributed by atoms with E-state index >= 15 is 0 Å². The molecule has 0 aliphatic heterocycles. The second-order valence-electron chi connectivity index (χ2n) is 5.45. The molecular formula is C19H20N2S. The van der Waals surface area contributed by atoms with Gasteiger partial charge in [0, 0.05) is 17.0 Å². The quantitative estimate of drug-likeness (QED) is 0.711. The first-order valence-corrected chi connectivity index (χ1v) is 8.36. The summed E-state index contributed by atoms with van der Waals surface area (Å²) in [4.78, 5) is 6.00. The zero-order valence-corrected chi connectivity index (χ0v) is 13.8. The van der Waals surface area contributed by atoms with Crippen LogP contribution in [-0.4, -0.2) is 11.5 Å². The van der Waals surface area contributed by atoms with Crippen molar-refractivity contribution in [1.29, 1.82) is 0 Å². The first-order valence-electron chi connectivity index (χ1n) is 7.54. The highest BCUT2D eigenvalue weighted by molar-refractivity contribution is 7.16. The van der Waals surface area contributed by atoms with E-state index in [9.17, 15) is 0 Å². The van der Waals surface area contributed by atoms with E-state index in [2.05, 4.69) is 73.8 Å². The lowest BCUT2D eigenvalue weighted by atomic mass is 10.1. The van der Waals surface area contributed by atoms with Crippen molar-refractivity contribution in [3.63, 3.8) is 0 Å². The van der Waals surface area contributed by atoms with Gasteiger partial charge in [0.2, 0.25) is 0 Å². The number of hydrogen-bond donors (Lipinski definition) is 1. The van der Waals surface area contributed by atoms with Crippen molar-refractivity contribution < 1.29 is 0 Å². The van der Waals surface area contributed by atoms with Gasteiger partial charge in [0.25, 0.3) is 0 Å². The molecule has 2 nitrogen and oxygen atoms in total. The Bertz CT molecular complexity index is 730. The van der Waals surface area contributed by atoms with E-state index < -0.39 is 0 Å². The fourth-order valence-electron chi connectivity index (χ4n) is 2.41. The molecular weight excluding hydrogens is 288 g/mol. The van der Waals surface area contributed by atoms with Crippen LogP contribution in [-0.2, 0) is 6.42 Å². The van der Waals surface area contributed by atoms with Crippen LogP contribution in [0.2, 0.25) is 0 Å². The molecule has 0 saturated heterocycles. The van der Waals surface area contributed by atoms with Crippen molar-refractivity contribution in [1.82, 2.24) is 4.98 Å². The Labute approximate surface area is 135 Å². The van der Waals surface area contributed by atoms with Gasteiger partial charge >= 0.3 is 0 Å². The average Bonchev–Trinajstić information content (AvgIpc) is 2.90. The topological polar surface area (TPSA) is 24.9 Å². The SMILES string of the molecule is Cc1ccc(-c2nc(NCCc3ccccc3)sc2C)cc1. The number of nitrogens with zero attached hydrogens (tertiary/aromatic N) is 1. The lowest BCUT2D eigenvalue weighted by molar-refractivity contribution is 1.02. The van der Waals surface area contributed by atoms with Gasteiger partial charge in [-0.05, 0) is 25.8 Å². The van der Waals surface area contributed by atoms with Crippen LogP contribution in [0, 0.1) is 13.8 Å². The van der Waals surface area contributed by atoms with E-state index in [0.29, 0.717) is 0 Å². The predicted molar refractivity (Wildman–Crippen MR) is 95.7 cm³/mol. The molecule has 2 aromatic carbocycles. The fourth-order valence-corrected chi connectivity index (χ4v) is 3.27. The van der Waals surface area contributed by atoms with Crippen molar-refractivity contribution in [3.8, 4) is 11.3 Å². The summed E-state index contributed by atoms with van der Waals surface area (Å²) >= 11 is 1.73. The summed E-state index contributed by atoms with van der Waals surface area (Å²) in [6.07, 6.45) is 1.01. The highest BCUT2D eigenvalue weighted by atomic mass is 32.1. The Hall–Kier alpha value is -2.13. The van der Waals surface area contributed by atoms with Crippen LogP contribution < -0.4 is 5.32 Å². The van der Waals surface area contributed by atoms with Crippen LogP contribution in [0.25, 0.3) is 11.3 Å². The highest BCUT2D eigenvalue weighted by Crippen LogP contribution is 2.30. The fraction of sp³-hybridized carbons (Fsp3) is 0.211. The number of aryl methyl sites for hydroxylation is 2. The van der Waals surface area contributed by atoms with Crippen LogP contribution in [0.4, 0.5) is 5.13 Å². The van der Waals surface area contributed by atoms with Crippen molar-refractivity contribution in [3.05, 3.63) is 70.6 Å². The van der Waals surface area contributed by atoms with Crippen LogP contribution in [0.3, 0.4) is 0 Å². The third-order valence-electron chi connectivity index (χ3n) is 3.65. The second-order valence-corrected chi connectivity index (χ2v) is 6.66. The molecule has 0 unspecified atom stereocenters. The Kier molecular flexibility index (Phi) is 4.54. The predicted octanol–water partition coefficient (Wildman–Crippen LogP) is 5.08. The summed E-state index contributed by atoms with van der Waals surface area (Å²) in [5.74, 6) is 0. The minimum absolute atomic E-state index is 0.907. The van der Waals surface area contributed by atoms with Crippen molar-refractivity contribution in [2.45, 2.75) is 20.3 Å². The third kappa shape index (κ3) is 3.55. The Morgan fingerprint density at radius 2 is 1.68 bits per heavy atom. The monoisotopic (exact) mass is 308 g/mol. The molecule has 0 amide bonds. The summed E-state index contributed by atoms with van der Waals surface area (Å²) in [7, 11) is 0. The molecule has 0 aliphatic carbocycles. The number of aromatic nitrogens is 1. The van der Waals surface area contributed by atoms with E-state index in [-0.39, 0.29) is 0 Å². The molecule has 0 radical (unpaired) electrons. The molecule has 1 heterocycles. The second kappa shape index (κ2) is 6.75. The third-order valence-corrected chi connectivity index (χ3v) is 4.58. The van der Waals surface area contributed by atoms with Gasteiger partial charge < -0.3 is 5.32 Å². The smallest absolute Gasteiger partial charge is 0.183 e. The van der Waals surface area contributed by atoms with Crippen molar-refractivity contribution in [2.75, 3.05) is 11.9 Å². The molecule has 1 aromatic heterocycles. The number of thiazole rings is 1. The zero-order valence-electron chi connectivity index (χ0n) is 13.0. The van der Waals surface area contributed by atoms with Crippen LogP contribution in [0.1, 0.15) is 16.0 Å². The van der Waals surface area contributed by atoms with E-state index in [1.54, 1.807) is 11.3 Å². The van der Waals surface area contributed by atoms with Gasteiger partial charge in [-0.3, -0.25) is 0 Å². The lowest BCUT2D eigenvalue weighted by Gasteiger charge is -2.02. The molecule has 3 aromatic rings. The molecule has 3 rings (SSSR count). The van der Waals surface area contributed by atoms with Gasteiger partial charge in [-0.2, -0.15) is 0 Å². The minimum atomic E-state index is 0.907. The Morgan fingerprint density at radius 1 is 0.955 bits per heavy atom. The van der Waals surface area contributed by atoms with E-state index in [4.69, 9.17) is 4.98 Å². The summed E-state index contributed by atoms with van der Waals surface area (Å²) in [5, 5.41) is 4.45. The summed E-state index contributed by atoms with van der Waals surface area (Å²) < 4.78 is 0. The van der Waals surface area contributed by atoms with Gasteiger partial charge in [0.05, 0.1) is 5.69 Å². The van der Waals surface area contributed by atoms with Gasteiger partial charge in [-0.25, -0.2) is 4.98 Å². The van der Waals surface area contributed by atoms with Gasteiger partial charge in [0.15, 0.2) is 5.13 Å². The molecule has 0 atom stereocenters.